The van der Waals surface area contributed by atoms with E-state index < -0.39 is 10.7 Å². The molecule has 0 rings (SSSR count). The van der Waals surface area contributed by atoms with Gasteiger partial charge in [0.15, 0.2) is 0 Å². The molecule has 0 aromatic heterocycles. The van der Waals surface area contributed by atoms with E-state index in [9.17, 15) is 19.2 Å². The highest BCUT2D eigenvalue weighted by atomic mass is 32.2. The Balaban J connectivity index is 4.63. The van der Waals surface area contributed by atoms with Crippen molar-refractivity contribution in [3.8, 4) is 0 Å². The minimum Gasteiger partial charge on any atom is -0.211 e. The minimum atomic E-state index is -0.752. The van der Waals surface area contributed by atoms with Gasteiger partial charge in [0.1, 0.15) is 10.7 Å². The zero-order valence-corrected chi connectivity index (χ0v) is 9.22. The Kier molecular flexibility index (Phi) is 9.09. The maximum absolute atomic E-state index is 10.1. The van der Waals surface area contributed by atoms with Gasteiger partial charge >= 0.3 is 0 Å². The van der Waals surface area contributed by atoms with Crippen molar-refractivity contribution in [1.82, 2.24) is 0 Å². The van der Waals surface area contributed by atoms with Gasteiger partial charge in [0.05, 0.1) is 13.1 Å². The van der Waals surface area contributed by atoms with Crippen LogP contribution in [0.3, 0.4) is 0 Å². The van der Waals surface area contributed by atoms with Crippen LogP contribution >= 0.6 is 11.8 Å². The second kappa shape index (κ2) is 10.4. The van der Waals surface area contributed by atoms with E-state index in [2.05, 4.69) is 20.0 Å². The minimum absolute atomic E-state index is 0.112. The third-order valence-corrected chi connectivity index (χ3v) is 2.47. The summed E-state index contributed by atoms with van der Waals surface area (Å²) in [4.78, 5) is 53.2. The Bertz CT molecular complexity index is 389. The van der Waals surface area contributed by atoms with Crippen LogP contribution in [0.2, 0.25) is 0 Å². The van der Waals surface area contributed by atoms with E-state index in [1.807, 2.05) is 0 Å². The summed E-state index contributed by atoms with van der Waals surface area (Å²) < 4.78 is 0. The van der Waals surface area contributed by atoms with Gasteiger partial charge < -0.3 is 0 Å². The predicted octanol–water partition coefficient (Wildman–Crippen LogP) is -0.285. The fourth-order valence-corrected chi connectivity index (χ4v) is 1.65. The van der Waals surface area contributed by atoms with Crippen molar-refractivity contribution < 1.29 is 19.2 Å². The molecule has 2 atom stereocenters. The lowest BCUT2D eigenvalue weighted by atomic mass is 10.6. The van der Waals surface area contributed by atoms with Crippen molar-refractivity contribution in [2.45, 2.75) is 10.7 Å². The molecular formula is C8H6N4O4S. The number of isocyanates is 4. The van der Waals surface area contributed by atoms with E-state index in [1.165, 1.54) is 24.3 Å². The Morgan fingerprint density at radius 1 is 0.765 bits per heavy atom. The second-order valence-corrected chi connectivity index (χ2v) is 3.71. The third kappa shape index (κ3) is 7.76. The van der Waals surface area contributed by atoms with Crippen molar-refractivity contribution in [2.24, 2.45) is 20.0 Å². The summed E-state index contributed by atoms with van der Waals surface area (Å²) in [5.41, 5.74) is 0. The zero-order chi connectivity index (χ0) is 12.9. The monoisotopic (exact) mass is 254 g/mol. The Morgan fingerprint density at radius 3 is 1.47 bits per heavy atom. The molecule has 0 amide bonds. The average molecular weight is 254 g/mol. The molecule has 0 radical (unpaired) electrons. The molecule has 0 aromatic rings. The lowest BCUT2D eigenvalue weighted by Gasteiger charge is -2.10. The molecule has 0 heterocycles. The second-order valence-electron chi connectivity index (χ2n) is 2.35. The van der Waals surface area contributed by atoms with Crippen LogP contribution in [0, 0.1) is 0 Å². The highest BCUT2D eigenvalue weighted by molar-refractivity contribution is 8.00. The molecule has 0 bridgehead atoms. The van der Waals surface area contributed by atoms with E-state index >= 15 is 0 Å². The van der Waals surface area contributed by atoms with E-state index in [1.54, 1.807) is 0 Å². The first kappa shape index (κ1) is 14.9. The van der Waals surface area contributed by atoms with Crippen LogP contribution in [-0.2, 0) is 19.2 Å². The number of carbonyl (C=O) groups excluding carboxylic acids is 4. The van der Waals surface area contributed by atoms with Gasteiger partial charge in [-0.15, -0.1) is 11.8 Å². The van der Waals surface area contributed by atoms with Crippen LogP contribution in [0.25, 0.3) is 0 Å². The van der Waals surface area contributed by atoms with Crippen molar-refractivity contribution in [3.05, 3.63) is 0 Å². The fraction of sp³-hybridized carbons (Fsp3) is 0.500. The van der Waals surface area contributed by atoms with Crippen LogP contribution in [0.4, 0.5) is 0 Å². The largest absolute Gasteiger partial charge is 0.236 e. The first-order chi connectivity index (χ1) is 8.28. The molecule has 0 saturated carbocycles. The van der Waals surface area contributed by atoms with Gasteiger partial charge in [-0.3, -0.25) is 0 Å². The molecule has 0 aromatic carbocycles. The van der Waals surface area contributed by atoms with Gasteiger partial charge in [-0.25, -0.2) is 29.2 Å². The average Bonchev–Trinajstić information content (AvgIpc) is 2.33. The molecule has 0 fully saturated rings. The van der Waals surface area contributed by atoms with Crippen molar-refractivity contribution in [1.29, 1.82) is 0 Å². The normalized spacial score (nSPS) is 11.8. The van der Waals surface area contributed by atoms with Crippen LogP contribution in [0.15, 0.2) is 20.0 Å². The van der Waals surface area contributed by atoms with E-state index in [4.69, 9.17) is 0 Å². The molecule has 0 aliphatic carbocycles. The smallest absolute Gasteiger partial charge is 0.211 e. The maximum Gasteiger partial charge on any atom is 0.236 e. The van der Waals surface area contributed by atoms with E-state index in [0.717, 1.165) is 11.8 Å². The van der Waals surface area contributed by atoms with Gasteiger partial charge in [-0.05, 0) is 0 Å². The molecule has 0 N–H and O–H groups in total. The number of thioether (sulfide) groups is 1. The Morgan fingerprint density at radius 2 is 1.18 bits per heavy atom. The molecule has 0 saturated heterocycles. The summed E-state index contributed by atoms with van der Waals surface area (Å²) in [5.74, 6) is 0. The number of hydrogen-bond donors (Lipinski definition) is 0. The third-order valence-electron chi connectivity index (χ3n) is 1.33. The molecule has 2 unspecified atom stereocenters. The standard InChI is InChI=1S/C8H6N4O4S/c13-3-9-1-7(11-5-15)17-8(12-6-16)2-10-4-14/h7-8H,1-2H2. The Labute approximate surface area is 99.6 Å². The molecule has 17 heavy (non-hydrogen) atoms. The molecule has 0 aliphatic heterocycles. The van der Waals surface area contributed by atoms with Gasteiger partial charge in [0.25, 0.3) is 0 Å². The van der Waals surface area contributed by atoms with Crippen LogP contribution < -0.4 is 0 Å². The summed E-state index contributed by atoms with van der Waals surface area (Å²) in [6, 6.07) is 0. The number of rotatable bonds is 8. The van der Waals surface area contributed by atoms with Gasteiger partial charge in [-0.2, -0.15) is 9.98 Å². The topological polar surface area (TPSA) is 118 Å². The highest BCUT2D eigenvalue weighted by Gasteiger charge is 2.15. The summed E-state index contributed by atoms with van der Waals surface area (Å²) in [6.45, 7) is -0.224. The predicted molar refractivity (Wildman–Crippen MR) is 57.4 cm³/mol. The molecule has 8 nitrogen and oxygen atoms in total. The lowest BCUT2D eigenvalue weighted by Crippen LogP contribution is -2.13. The first-order valence-corrected chi connectivity index (χ1v) is 5.09. The molecule has 88 valence electrons. The maximum atomic E-state index is 10.1. The quantitative estimate of drug-likeness (QED) is 0.435. The van der Waals surface area contributed by atoms with Crippen LogP contribution in [0.5, 0.6) is 0 Å². The van der Waals surface area contributed by atoms with Crippen molar-refractivity contribution >= 4 is 36.1 Å². The van der Waals surface area contributed by atoms with Crippen molar-refractivity contribution in [3.63, 3.8) is 0 Å². The van der Waals surface area contributed by atoms with Crippen LogP contribution in [0.1, 0.15) is 0 Å². The fourth-order valence-electron chi connectivity index (χ4n) is 0.758. The molecule has 9 heteroatoms. The van der Waals surface area contributed by atoms with E-state index in [-0.39, 0.29) is 13.1 Å². The number of nitrogens with zero attached hydrogens (tertiary/aromatic N) is 4. The lowest BCUT2D eigenvalue weighted by molar-refractivity contribution is 0.558. The van der Waals surface area contributed by atoms with E-state index in [0.29, 0.717) is 0 Å². The molecule has 0 spiro atoms. The summed E-state index contributed by atoms with van der Waals surface area (Å²) >= 11 is 0.915. The van der Waals surface area contributed by atoms with Crippen LogP contribution in [-0.4, -0.2) is 48.2 Å². The highest BCUT2D eigenvalue weighted by Crippen LogP contribution is 2.20. The van der Waals surface area contributed by atoms with Gasteiger partial charge in [0, 0.05) is 0 Å². The Hall–Kier alpha value is -2.13. The van der Waals surface area contributed by atoms with Gasteiger partial charge in [0.2, 0.25) is 24.3 Å². The summed E-state index contributed by atoms with van der Waals surface area (Å²) in [7, 11) is 0. The summed E-state index contributed by atoms with van der Waals surface area (Å²) in [6.07, 6.45) is 5.16. The summed E-state index contributed by atoms with van der Waals surface area (Å²) in [5, 5.41) is -1.50. The van der Waals surface area contributed by atoms with Crippen molar-refractivity contribution in [2.75, 3.05) is 13.1 Å². The molecule has 0 aliphatic rings. The zero-order valence-electron chi connectivity index (χ0n) is 8.40. The number of aliphatic imine (C=N–C) groups is 4. The first-order valence-electron chi connectivity index (χ1n) is 4.15. The molecular weight excluding hydrogens is 248 g/mol. The number of hydrogen-bond acceptors (Lipinski definition) is 9. The van der Waals surface area contributed by atoms with Gasteiger partial charge in [-0.1, -0.05) is 0 Å². The SMILES string of the molecule is O=C=NCC(N=C=O)SC(CN=C=O)N=C=O.